The van der Waals surface area contributed by atoms with E-state index in [2.05, 4.69) is 0 Å². The lowest BCUT2D eigenvalue weighted by molar-refractivity contribution is -0.0322. The number of hydrogen-bond donors (Lipinski definition) is 0. The molecule has 1 aromatic carbocycles. The van der Waals surface area contributed by atoms with Crippen LogP contribution in [0.4, 0.5) is 13.2 Å². The number of benzene rings is 1. The summed E-state index contributed by atoms with van der Waals surface area (Å²) in [6.45, 7) is 0. The van der Waals surface area contributed by atoms with Gasteiger partial charge in [0.05, 0.1) is 0 Å². The Bertz CT molecular complexity index is 395. The number of halogens is 3. The van der Waals surface area contributed by atoms with Crippen LogP contribution in [0.5, 0.6) is 0 Å². The quantitative estimate of drug-likeness (QED) is 0.712. The molecule has 0 heterocycles. The molecule has 0 spiro atoms. The lowest BCUT2D eigenvalue weighted by atomic mass is 9.88. The molecule has 1 atom stereocenters. The van der Waals surface area contributed by atoms with Crippen molar-refractivity contribution in [3.8, 4) is 0 Å². The predicted octanol–water partition coefficient (Wildman–Crippen LogP) is 5.09. The third-order valence-electron chi connectivity index (χ3n) is 2.89. The lowest BCUT2D eigenvalue weighted by Crippen LogP contribution is -2.06. The summed E-state index contributed by atoms with van der Waals surface area (Å²) >= 11 is 0.0360. The second kappa shape index (κ2) is 5.17. The first kappa shape index (κ1) is 12.6. The van der Waals surface area contributed by atoms with Crippen LogP contribution in [-0.4, -0.2) is 5.51 Å². The summed E-state index contributed by atoms with van der Waals surface area (Å²) < 4.78 is 36.5. The van der Waals surface area contributed by atoms with E-state index in [0.29, 0.717) is 23.7 Å². The Morgan fingerprint density at radius 3 is 2.35 bits per heavy atom. The number of thioether (sulfide) groups is 1. The van der Waals surface area contributed by atoms with Crippen molar-refractivity contribution in [3.05, 3.63) is 46.9 Å². The monoisotopic (exact) mass is 258 g/mol. The molecular weight excluding hydrogens is 245 g/mol. The molecule has 1 unspecified atom stereocenters. The highest BCUT2D eigenvalue weighted by Gasteiger charge is 2.31. The van der Waals surface area contributed by atoms with Crippen molar-refractivity contribution in [1.29, 1.82) is 0 Å². The molecule has 1 aliphatic rings. The van der Waals surface area contributed by atoms with Gasteiger partial charge in [-0.1, -0.05) is 36.4 Å². The molecule has 4 heteroatoms. The zero-order valence-corrected chi connectivity index (χ0v) is 10.0. The minimum atomic E-state index is -4.15. The normalized spacial score (nSPS) is 21.1. The molecule has 1 aromatic rings. The van der Waals surface area contributed by atoms with Gasteiger partial charge in [0.25, 0.3) is 0 Å². The average Bonchev–Trinajstić information content (AvgIpc) is 2.29. The van der Waals surface area contributed by atoms with Crippen molar-refractivity contribution in [2.45, 2.75) is 30.7 Å². The van der Waals surface area contributed by atoms with Crippen LogP contribution in [0.3, 0.4) is 0 Å². The van der Waals surface area contributed by atoms with Gasteiger partial charge in [0.15, 0.2) is 0 Å². The molecule has 0 N–H and O–H groups in total. The molecule has 0 aromatic heterocycles. The Morgan fingerprint density at radius 1 is 1.12 bits per heavy atom. The predicted molar refractivity (Wildman–Crippen MR) is 64.8 cm³/mol. The van der Waals surface area contributed by atoms with Gasteiger partial charge in [0.2, 0.25) is 0 Å². The smallest absolute Gasteiger partial charge is 0.160 e. The molecule has 0 fully saturated rings. The zero-order valence-electron chi connectivity index (χ0n) is 9.20. The van der Waals surface area contributed by atoms with Crippen LogP contribution < -0.4 is 0 Å². The average molecular weight is 258 g/mol. The maximum Gasteiger partial charge on any atom is 0.446 e. The lowest BCUT2D eigenvalue weighted by Gasteiger charge is -2.22. The Kier molecular flexibility index (Phi) is 3.82. The van der Waals surface area contributed by atoms with Gasteiger partial charge in [0.1, 0.15) is 0 Å². The van der Waals surface area contributed by atoms with Crippen LogP contribution >= 0.6 is 11.8 Å². The molecule has 0 saturated heterocycles. The maximum atomic E-state index is 12.2. The first-order chi connectivity index (χ1) is 8.04. The minimum Gasteiger partial charge on any atom is -0.160 e. The Morgan fingerprint density at radius 2 is 1.82 bits per heavy atom. The van der Waals surface area contributed by atoms with Crippen molar-refractivity contribution >= 4 is 11.8 Å². The zero-order chi connectivity index (χ0) is 12.3. The molecule has 2 rings (SSSR count). The van der Waals surface area contributed by atoms with E-state index in [4.69, 9.17) is 0 Å². The number of alkyl halides is 3. The van der Waals surface area contributed by atoms with E-state index >= 15 is 0 Å². The van der Waals surface area contributed by atoms with Gasteiger partial charge in [-0.25, -0.2) is 0 Å². The van der Waals surface area contributed by atoms with Gasteiger partial charge >= 0.3 is 5.51 Å². The molecule has 0 amide bonds. The first-order valence-electron chi connectivity index (χ1n) is 5.54. The summed E-state index contributed by atoms with van der Waals surface area (Å²) in [5, 5.41) is 0. The van der Waals surface area contributed by atoms with Gasteiger partial charge in [-0.15, -0.1) is 0 Å². The fraction of sp³-hybridized carbons (Fsp3) is 0.385. The van der Waals surface area contributed by atoms with Crippen LogP contribution in [0.25, 0.3) is 0 Å². The Labute approximate surface area is 103 Å². The highest BCUT2D eigenvalue weighted by Crippen LogP contribution is 2.43. The van der Waals surface area contributed by atoms with E-state index in [0.717, 1.165) is 6.42 Å². The number of rotatable bonds is 2. The van der Waals surface area contributed by atoms with Crippen molar-refractivity contribution in [2.24, 2.45) is 0 Å². The van der Waals surface area contributed by atoms with E-state index in [1.54, 1.807) is 6.08 Å². The Hall–Kier alpha value is -0.900. The number of allylic oxidation sites excluding steroid dienone is 2. The van der Waals surface area contributed by atoms with E-state index < -0.39 is 5.51 Å². The summed E-state index contributed by atoms with van der Waals surface area (Å²) in [6, 6.07) is 9.98. The summed E-state index contributed by atoms with van der Waals surface area (Å²) in [7, 11) is 0. The highest BCUT2D eigenvalue weighted by molar-refractivity contribution is 8.03. The standard InChI is InChI=1S/C13H13F3S/c14-13(15,16)17-12-8-6-11(7-9-12)10-4-2-1-3-5-10/h1-5,8,11H,6-7,9H2. The molecule has 0 nitrogen and oxygen atoms in total. The summed E-state index contributed by atoms with van der Waals surface area (Å²) in [6.07, 6.45) is 3.78. The Balaban J connectivity index is 1.98. The molecule has 17 heavy (non-hydrogen) atoms. The highest BCUT2D eigenvalue weighted by atomic mass is 32.2. The number of hydrogen-bond acceptors (Lipinski definition) is 1. The van der Waals surface area contributed by atoms with E-state index in [1.807, 2.05) is 30.3 Å². The fourth-order valence-corrected chi connectivity index (χ4v) is 2.78. The van der Waals surface area contributed by atoms with Crippen molar-refractivity contribution in [2.75, 3.05) is 0 Å². The third kappa shape index (κ3) is 3.80. The topological polar surface area (TPSA) is 0 Å². The first-order valence-corrected chi connectivity index (χ1v) is 6.36. The molecule has 0 aliphatic heterocycles. The molecule has 92 valence electrons. The van der Waals surface area contributed by atoms with Gasteiger partial charge < -0.3 is 0 Å². The summed E-state index contributed by atoms with van der Waals surface area (Å²) in [4.78, 5) is 0.463. The van der Waals surface area contributed by atoms with Crippen molar-refractivity contribution in [1.82, 2.24) is 0 Å². The van der Waals surface area contributed by atoms with Crippen LogP contribution in [0.15, 0.2) is 41.3 Å². The van der Waals surface area contributed by atoms with Crippen molar-refractivity contribution < 1.29 is 13.2 Å². The second-order valence-corrected chi connectivity index (χ2v) is 5.29. The van der Waals surface area contributed by atoms with Gasteiger partial charge in [-0.3, -0.25) is 0 Å². The molecule has 0 saturated carbocycles. The van der Waals surface area contributed by atoms with E-state index in [9.17, 15) is 13.2 Å². The van der Waals surface area contributed by atoms with Crippen molar-refractivity contribution in [3.63, 3.8) is 0 Å². The summed E-state index contributed by atoms with van der Waals surface area (Å²) in [5.74, 6) is 0.369. The molecule has 0 radical (unpaired) electrons. The van der Waals surface area contributed by atoms with E-state index in [1.165, 1.54) is 5.56 Å². The van der Waals surface area contributed by atoms with Gasteiger partial charge in [0, 0.05) is 0 Å². The fourth-order valence-electron chi connectivity index (χ4n) is 2.08. The minimum absolute atomic E-state index is 0.0360. The second-order valence-electron chi connectivity index (χ2n) is 4.10. The largest absolute Gasteiger partial charge is 0.446 e. The van der Waals surface area contributed by atoms with Crippen LogP contribution in [0, 0.1) is 0 Å². The third-order valence-corrected chi connectivity index (χ3v) is 3.75. The molecular formula is C13H13F3S. The van der Waals surface area contributed by atoms with Gasteiger partial charge in [-0.05, 0) is 47.4 Å². The van der Waals surface area contributed by atoms with Crippen LogP contribution in [-0.2, 0) is 0 Å². The maximum absolute atomic E-state index is 12.2. The van der Waals surface area contributed by atoms with Crippen LogP contribution in [0.2, 0.25) is 0 Å². The van der Waals surface area contributed by atoms with Crippen LogP contribution in [0.1, 0.15) is 30.7 Å². The molecule has 0 bridgehead atoms. The molecule has 1 aliphatic carbocycles. The SMILES string of the molecule is FC(F)(F)SC1=CCC(c2ccccc2)CC1. The summed E-state index contributed by atoms with van der Waals surface area (Å²) in [5.41, 5.74) is -2.93. The van der Waals surface area contributed by atoms with E-state index in [-0.39, 0.29) is 11.8 Å². The van der Waals surface area contributed by atoms with Gasteiger partial charge in [-0.2, -0.15) is 13.2 Å².